The van der Waals surface area contributed by atoms with Crippen molar-refractivity contribution in [2.45, 2.75) is 16.7 Å². The van der Waals surface area contributed by atoms with Crippen molar-refractivity contribution in [1.29, 1.82) is 10.5 Å². The zero-order valence-electron chi connectivity index (χ0n) is 20.5. The number of H-pyrrole nitrogens is 1. The highest BCUT2D eigenvalue weighted by molar-refractivity contribution is 8.00. The van der Waals surface area contributed by atoms with Gasteiger partial charge in [0.15, 0.2) is 16.5 Å². The predicted octanol–water partition coefficient (Wildman–Crippen LogP) is 3.08. The molecule has 1 aliphatic heterocycles. The molecule has 192 valence electrons. The van der Waals surface area contributed by atoms with Gasteiger partial charge in [0.25, 0.3) is 5.82 Å². The molecule has 3 aromatic rings. The number of rotatable bonds is 7. The number of halogens is 1. The number of nitriles is 2. The maximum absolute atomic E-state index is 13.3. The summed E-state index contributed by atoms with van der Waals surface area (Å²) in [4.78, 5) is 29.7. The molecule has 2 amide bonds. The number of pyridine rings is 1. The standard InChI is InChI=1S/C26H20FN5O5S/c1-35-18-8-13(9-19(36-2)23(18)37-3)22-16(11-28)24(30)31-25(17(22)12-29)38-20-10-21(33)32(26(20)34)15-6-4-14(27)5-7-15/h4-9,20H,10H2,1-3H3,(H2,30,31)/p+1/t20-/m0/s1. The molecule has 1 aromatic heterocycles. The van der Waals surface area contributed by atoms with E-state index in [1.54, 1.807) is 12.1 Å². The summed E-state index contributed by atoms with van der Waals surface area (Å²) in [6.07, 6.45) is -0.154. The first-order chi connectivity index (χ1) is 18.3. The quantitative estimate of drug-likeness (QED) is 0.451. The zero-order chi connectivity index (χ0) is 27.6. The second kappa shape index (κ2) is 10.7. The summed E-state index contributed by atoms with van der Waals surface area (Å²) in [7, 11) is 4.31. The van der Waals surface area contributed by atoms with Crippen LogP contribution in [0.3, 0.4) is 0 Å². The molecule has 12 heteroatoms. The van der Waals surface area contributed by atoms with Crippen LogP contribution in [0.15, 0.2) is 41.4 Å². The van der Waals surface area contributed by atoms with E-state index in [0.717, 1.165) is 28.8 Å². The number of nitrogens with two attached hydrogens (primary N) is 1. The minimum atomic E-state index is -0.893. The van der Waals surface area contributed by atoms with Crippen molar-refractivity contribution in [3.63, 3.8) is 0 Å². The van der Waals surface area contributed by atoms with Crippen LogP contribution in [0, 0.1) is 28.5 Å². The van der Waals surface area contributed by atoms with E-state index in [1.807, 2.05) is 6.07 Å². The average molecular weight is 535 g/mol. The number of ether oxygens (including phenoxy) is 3. The summed E-state index contributed by atoms with van der Waals surface area (Å²) in [5.74, 6) is -0.630. The fourth-order valence-electron chi connectivity index (χ4n) is 4.15. The van der Waals surface area contributed by atoms with E-state index in [4.69, 9.17) is 19.9 Å². The molecule has 0 unspecified atom stereocenters. The summed E-state index contributed by atoms with van der Waals surface area (Å²) in [5.41, 5.74) is 7.04. The molecule has 1 fully saturated rings. The van der Waals surface area contributed by atoms with E-state index in [2.05, 4.69) is 11.1 Å². The lowest BCUT2D eigenvalue weighted by Gasteiger charge is -2.17. The Hall–Kier alpha value is -4.81. The van der Waals surface area contributed by atoms with Crippen molar-refractivity contribution in [1.82, 2.24) is 0 Å². The van der Waals surface area contributed by atoms with Gasteiger partial charge in [-0.1, -0.05) is 11.8 Å². The molecule has 4 rings (SSSR count). The Morgan fingerprint density at radius 1 is 1.03 bits per heavy atom. The number of nitrogens with zero attached hydrogens (tertiary/aromatic N) is 3. The molecule has 0 bridgehead atoms. The maximum Gasteiger partial charge on any atom is 0.289 e. The molecular formula is C26H21FN5O5S+. The van der Waals surface area contributed by atoms with Gasteiger partial charge in [-0.3, -0.25) is 15.3 Å². The number of benzene rings is 2. The topological polar surface area (TPSA) is 153 Å². The van der Waals surface area contributed by atoms with Gasteiger partial charge in [0.1, 0.15) is 34.3 Å². The number of hydrogen-bond donors (Lipinski definition) is 1. The average Bonchev–Trinajstić information content (AvgIpc) is 3.19. The molecule has 1 aliphatic rings. The van der Waals surface area contributed by atoms with Crippen LogP contribution in [0.25, 0.3) is 11.1 Å². The number of imide groups is 1. The van der Waals surface area contributed by atoms with Crippen molar-refractivity contribution >= 4 is 35.1 Å². The molecule has 1 atom stereocenters. The van der Waals surface area contributed by atoms with Crippen molar-refractivity contribution < 1.29 is 33.2 Å². The van der Waals surface area contributed by atoms with E-state index in [-0.39, 0.29) is 39.6 Å². The highest BCUT2D eigenvalue weighted by Crippen LogP contribution is 2.44. The number of anilines is 2. The Bertz CT molecular complexity index is 1510. The van der Waals surface area contributed by atoms with Crippen LogP contribution in [-0.4, -0.2) is 38.4 Å². The van der Waals surface area contributed by atoms with Gasteiger partial charge >= 0.3 is 0 Å². The predicted molar refractivity (Wildman–Crippen MR) is 135 cm³/mol. The molecule has 38 heavy (non-hydrogen) atoms. The number of aromatic amines is 1. The highest BCUT2D eigenvalue weighted by Gasteiger charge is 2.42. The summed E-state index contributed by atoms with van der Waals surface area (Å²) >= 11 is 0.945. The first kappa shape index (κ1) is 26.3. The van der Waals surface area contributed by atoms with Crippen LogP contribution in [0.5, 0.6) is 17.2 Å². The fraction of sp³-hybridized carbons (Fsp3) is 0.192. The number of amides is 2. The monoisotopic (exact) mass is 534 g/mol. The number of methoxy groups -OCH3 is 3. The van der Waals surface area contributed by atoms with Gasteiger partial charge < -0.3 is 14.2 Å². The van der Waals surface area contributed by atoms with Gasteiger partial charge in [-0.2, -0.15) is 10.5 Å². The third kappa shape index (κ3) is 4.53. The molecule has 0 aliphatic carbocycles. The lowest BCUT2D eigenvalue weighted by molar-refractivity contribution is -0.410. The van der Waals surface area contributed by atoms with Gasteiger partial charge in [0, 0.05) is 12.0 Å². The van der Waals surface area contributed by atoms with Crippen LogP contribution < -0.4 is 29.8 Å². The normalized spacial score (nSPS) is 14.7. The zero-order valence-corrected chi connectivity index (χ0v) is 21.3. The third-order valence-electron chi connectivity index (χ3n) is 5.87. The molecule has 3 N–H and O–H groups in total. The minimum Gasteiger partial charge on any atom is -0.493 e. The van der Waals surface area contributed by atoms with E-state index in [1.165, 1.54) is 33.5 Å². The first-order valence-corrected chi connectivity index (χ1v) is 11.9. The second-order valence-corrected chi connectivity index (χ2v) is 9.20. The minimum absolute atomic E-state index is 0.00179. The number of carbonyl (C=O) groups is 2. The van der Waals surface area contributed by atoms with Crippen molar-refractivity contribution in [2.24, 2.45) is 0 Å². The molecule has 2 aromatic carbocycles. The van der Waals surface area contributed by atoms with Gasteiger partial charge in [-0.05, 0) is 42.0 Å². The summed E-state index contributed by atoms with van der Waals surface area (Å²) in [6.45, 7) is 0. The summed E-state index contributed by atoms with van der Waals surface area (Å²) < 4.78 is 29.5. The number of carbonyl (C=O) groups excluding carboxylic acids is 2. The fourth-order valence-corrected chi connectivity index (χ4v) is 5.30. The molecule has 0 spiro atoms. The Balaban J connectivity index is 1.82. The Labute approximate surface area is 221 Å². The highest BCUT2D eigenvalue weighted by atomic mass is 32.2. The first-order valence-electron chi connectivity index (χ1n) is 11.1. The second-order valence-electron chi connectivity index (χ2n) is 7.98. The Morgan fingerprint density at radius 3 is 2.16 bits per heavy atom. The van der Waals surface area contributed by atoms with E-state index >= 15 is 0 Å². The SMILES string of the molecule is COc1cc(-c2c(C#N)c(N)[nH+]c(S[C@H]3CC(=O)N(c4ccc(F)cc4)C3=O)c2C#N)cc(OC)c1OC. The Kier molecular flexibility index (Phi) is 7.37. The lowest BCUT2D eigenvalue weighted by atomic mass is 9.96. The smallest absolute Gasteiger partial charge is 0.289 e. The lowest BCUT2D eigenvalue weighted by Crippen LogP contribution is -2.31. The number of hydrogen-bond acceptors (Lipinski definition) is 9. The van der Waals surface area contributed by atoms with Crippen LogP contribution in [-0.2, 0) is 9.59 Å². The number of thioether (sulfide) groups is 1. The van der Waals surface area contributed by atoms with Crippen molar-refractivity contribution in [3.8, 4) is 40.5 Å². The van der Waals surface area contributed by atoms with Crippen LogP contribution in [0.2, 0.25) is 0 Å². The molecule has 0 radical (unpaired) electrons. The van der Waals surface area contributed by atoms with E-state index in [0.29, 0.717) is 22.8 Å². The molecule has 10 nitrogen and oxygen atoms in total. The van der Waals surface area contributed by atoms with Crippen molar-refractivity contribution in [3.05, 3.63) is 53.3 Å². The largest absolute Gasteiger partial charge is 0.493 e. The van der Waals surface area contributed by atoms with Gasteiger partial charge in [0.05, 0.1) is 27.0 Å². The third-order valence-corrected chi connectivity index (χ3v) is 7.07. The van der Waals surface area contributed by atoms with Crippen molar-refractivity contribution in [2.75, 3.05) is 32.0 Å². The Morgan fingerprint density at radius 2 is 1.63 bits per heavy atom. The van der Waals surface area contributed by atoms with Crippen LogP contribution in [0.4, 0.5) is 15.9 Å². The van der Waals surface area contributed by atoms with Crippen LogP contribution >= 0.6 is 11.8 Å². The number of aromatic nitrogens is 1. The van der Waals surface area contributed by atoms with Gasteiger partial charge in [-0.15, -0.1) is 0 Å². The van der Waals surface area contributed by atoms with Crippen LogP contribution in [0.1, 0.15) is 17.5 Å². The number of nitrogens with one attached hydrogen (secondary N) is 1. The summed E-state index contributed by atoms with van der Waals surface area (Å²) in [5, 5.41) is 19.3. The molecule has 0 saturated carbocycles. The van der Waals surface area contributed by atoms with Gasteiger partial charge in [-0.25, -0.2) is 14.3 Å². The maximum atomic E-state index is 13.3. The molecule has 1 saturated heterocycles. The number of nitrogen functional groups attached to an aromatic ring is 1. The molecule has 2 heterocycles. The van der Waals surface area contributed by atoms with E-state index < -0.39 is 22.9 Å². The van der Waals surface area contributed by atoms with E-state index in [9.17, 15) is 24.5 Å². The van der Waals surface area contributed by atoms with Gasteiger partial charge in [0.2, 0.25) is 17.6 Å². The molecular weight excluding hydrogens is 513 g/mol. The summed E-state index contributed by atoms with van der Waals surface area (Å²) in [6, 6.07) is 12.3.